The number of nitrogens with one attached hydrogen (secondary N) is 2. The van der Waals surface area contributed by atoms with Crippen LogP contribution in [0.5, 0.6) is 0 Å². The van der Waals surface area contributed by atoms with E-state index in [1.54, 1.807) is 0 Å². The largest absolute Gasteiger partial charge is 0.467 e. The number of carbonyl (C=O) groups is 4. The highest BCUT2D eigenvalue weighted by atomic mass is 32.2. The summed E-state index contributed by atoms with van der Waals surface area (Å²) in [4.78, 5) is 48.4. The number of esters is 2. The Hall–Kier alpha value is -1.81. The van der Waals surface area contributed by atoms with Gasteiger partial charge < -0.3 is 25.8 Å². The third-order valence-electron chi connectivity index (χ3n) is 6.70. The van der Waals surface area contributed by atoms with Crippen molar-refractivity contribution < 1.29 is 28.7 Å². The van der Waals surface area contributed by atoms with Gasteiger partial charge in [-0.1, -0.05) is 84.0 Å². The van der Waals surface area contributed by atoms with Gasteiger partial charge in [-0.05, 0) is 32.2 Å². The van der Waals surface area contributed by atoms with E-state index in [-0.39, 0.29) is 18.5 Å². The summed E-state index contributed by atoms with van der Waals surface area (Å²) < 4.78 is 10.1. The zero-order valence-electron chi connectivity index (χ0n) is 25.4. The second kappa shape index (κ2) is 27.4. The minimum Gasteiger partial charge on any atom is -0.467 e. The highest BCUT2D eigenvalue weighted by Crippen LogP contribution is 2.13. The van der Waals surface area contributed by atoms with Gasteiger partial charge >= 0.3 is 11.9 Å². The standard InChI is InChI=1S/C30H57N3O6S/c1-4-5-6-7-8-9-10-11-12-13-14-15-16-20-28(35)39-22-23-40-24-27(32-25(2)34)29(36)33-26(30(37)38-3)19-17-18-21-31/h26-27H,4-24,31H2,1-3H3,(H,32,34)(H,33,36)/t26-,27+/m0/s1. The van der Waals surface area contributed by atoms with Gasteiger partial charge in [0.2, 0.25) is 11.8 Å². The average Bonchev–Trinajstić information content (AvgIpc) is 2.93. The summed E-state index contributed by atoms with van der Waals surface area (Å²) in [5.74, 6) is -0.732. The van der Waals surface area contributed by atoms with Crippen molar-refractivity contribution in [1.82, 2.24) is 10.6 Å². The van der Waals surface area contributed by atoms with Crippen LogP contribution in [0.4, 0.5) is 0 Å². The van der Waals surface area contributed by atoms with Crippen molar-refractivity contribution >= 4 is 35.5 Å². The number of thioether (sulfide) groups is 1. The molecule has 0 aliphatic heterocycles. The summed E-state index contributed by atoms with van der Waals surface area (Å²) in [5.41, 5.74) is 5.51. The van der Waals surface area contributed by atoms with E-state index in [4.69, 9.17) is 15.2 Å². The maximum atomic E-state index is 12.8. The highest BCUT2D eigenvalue weighted by molar-refractivity contribution is 7.99. The normalized spacial score (nSPS) is 12.4. The lowest BCUT2D eigenvalue weighted by atomic mass is 10.0. The zero-order valence-corrected chi connectivity index (χ0v) is 26.3. The third-order valence-corrected chi connectivity index (χ3v) is 7.73. The van der Waals surface area contributed by atoms with Crippen molar-refractivity contribution in [3.05, 3.63) is 0 Å². The molecule has 0 radical (unpaired) electrons. The molecule has 0 saturated heterocycles. The molecule has 0 aliphatic rings. The number of carbonyl (C=O) groups excluding carboxylic acids is 4. The van der Waals surface area contributed by atoms with E-state index >= 15 is 0 Å². The molecule has 9 nitrogen and oxygen atoms in total. The lowest BCUT2D eigenvalue weighted by Crippen LogP contribution is -2.52. The second-order valence-corrected chi connectivity index (χ2v) is 11.6. The predicted molar refractivity (Wildman–Crippen MR) is 163 cm³/mol. The van der Waals surface area contributed by atoms with Crippen LogP contribution in [0.25, 0.3) is 0 Å². The number of hydrogen-bond acceptors (Lipinski definition) is 8. The van der Waals surface area contributed by atoms with Crippen LogP contribution >= 0.6 is 11.8 Å². The molecule has 10 heteroatoms. The van der Waals surface area contributed by atoms with Gasteiger partial charge in [0.05, 0.1) is 7.11 Å². The molecule has 0 aromatic carbocycles. The van der Waals surface area contributed by atoms with Crippen molar-refractivity contribution in [2.75, 3.05) is 31.8 Å². The van der Waals surface area contributed by atoms with Gasteiger partial charge in [0.15, 0.2) is 0 Å². The Kier molecular flexibility index (Phi) is 26.1. The van der Waals surface area contributed by atoms with Gasteiger partial charge in [0, 0.05) is 24.9 Å². The quantitative estimate of drug-likeness (QED) is 0.0899. The second-order valence-electron chi connectivity index (χ2n) is 10.4. The Morgan fingerprint density at radius 2 is 1.35 bits per heavy atom. The van der Waals surface area contributed by atoms with Crippen molar-refractivity contribution in [2.24, 2.45) is 5.73 Å². The number of hydrogen-bond donors (Lipinski definition) is 3. The van der Waals surface area contributed by atoms with Crippen LogP contribution in [0.1, 0.15) is 123 Å². The minimum absolute atomic E-state index is 0.196. The lowest BCUT2D eigenvalue weighted by Gasteiger charge is -2.21. The van der Waals surface area contributed by atoms with E-state index in [2.05, 4.69) is 17.6 Å². The molecular formula is C30H57N3O6S. The maximum Gasteiger partial charge on any atom is 0.328 e. The molecule has 2 atom stereocenters. The first-order valence-corrected chi connectivity index (χ1v) is 16.6. The summed E-state index contributed by atoms with van der Waals surface area (Å²) in [5, 5.41) is 5.31. The summed E-state index contributed by atoms with van der Waals surface area (Å²) in [6, 6.07) is -1.61. The van der Waals surface area contributed by atoms with Gasteiger partial charge in [-0.2, -0.15) is 11.8 Å². The first-order chi connectivity index (χ1) is 19.3. The van der Waals surface area contributed by atoms with Crippen molar-refractivity contribution in [2.45, 2.75) is 135 Å². The van der Waals surface area contributed by atoms with Crippen LogP contribution in [0, 0.1) is 0 Å². The van der Waals surface area contributed by atoms with E-state index in [0.717, 1.165) is 25.7 Å². The average molecular weight is 588 g/mol. The first-order valence-electron chi connectivity index (χ1n) is 15.4. The van der Waals surface area contributed by atoms with Crippen LogP contribution in [0.3, 0.4) is 0 Å². The molecule has 2 amide bonds. The number of unbranched alkanes of at least 4 members (excludes halogenated alkanes) is 13. The molecule has 0 rings (SSSR count). The number of amides is 2. The SMILES string of the molecule is CCCCCCCCCCCCCCCC(=O)OCCSC[C@@H](NC(C)=O)C(=O)N[C@@H](CCCCN)C(=O)OC. The van der Waals surface area contributed by atoms with E-state index in [9.17, 15) is 19.2 Å². The van der Waals surface area contributed by atoms with Crippen LogP contribution < -0.4 is 16.4 Å². The fourth-order valence-electron chi connectivity index (χ4n) is 4.36. The van der Waals surface area contributed by atoms with Gasteiger partial charge in [0.1, 0.15) is 18.7 Å². The molecule has 0 saturated carbocycles. The monoisotopic (exact) mass is 587 g/mol. The topological polar surface area (TPSA) is 137 Å². The maximum absolute atomic E-state index is 12.8. The fourth-order valence-corrected chi connectivity index (χ4v) is 5.20. The molecule has 40 heavy (non-hydrogen) atoms. The Morgan fingerprint density at radius 1 is 0.775 bits per heavy atom. The van der Waals surface area contributed by atoms with Crippen molar-refractivity contribution in [3.8, 4) is 0 Å². The van der Waals surface area contributed by atoms with E-state index in [1.165, 1.54) is 90.0 Å². The molecular weight excluding hydrogens is 530 g/mol. The molecule has 0 spiro atoms. The zero-order chi connectivity index (χ0) is 29.8. The molecule has 234 valence electrons. The van der Waals surface area contributed by atoms with Gasteiger partial charge in [-0.25, -0.2) is 4.79 Å². The number of ether oxygens (including phenoxy) is 2. The van der Waals surface area contributed by atoms with Crippen LogP contribution in [-0.2, 0) is 28.7 Å². The summed E-state index contributed by atoms with van der Waals surface area (Å²) >= 11 is 1.40. The van der Waals surface area contributed by atoms with Crippen LogP contribution in [-0.4, -0.2) is 67.6 Å². The van der Waals surface area contributed by atoms with Crippen LogP contribution in [0.2, 0.25) is 0 Å². The van der Waals surface area contributed by atoms with Gasteiger partial charge in [0.25, 0.3) is 0 Å². The number of methoxy groups -OCH3 is 1. The van der Waals surface area contributed by atoms with Crippen molar-refractivity contribution in [1.29, 1.82) is 0 Å². The van der Waals surface area contributed by atoms with Gasteiger partial charge in [-0.3, -0.25) is 14.4 Å². The third kappa shape index (κ3) is 22.9. The Bertz CT molecular complexity index is 680. The highest BCUT2D eigenvalue weighted by Gasteiger charge is 2.26. The first kappa shape index (κ1) is 38.2. The molecule has 0 aliphatic carbocycles. The lowest BCUT2D eigenvalue weighted by molar-refractivity contribution is -0.145. The fraction of sp³-hybridized carbons (Fsp3) is 0.867. The minimum atomic E-state index is -0.814. The molecule has 0 aromatic rings. The molecule has 0 fully saturated rings. The molecule has 0 aromatic heterocycles. The van der Waals surface area contributed by atoms with E-state index in [1.807, 2.05) is 0 Å². The summed E-state index contributed by atoms with van der Waals surface area (Å²) in [7, 11) is 1.27. The number of rotatable bonds is 27. The van der Waals surface area contributed by atoms with Crippen molar-refractivity contribution in [3.63, 3.8) is 0 Å². The van der Waals surface area contributed by atoms with E-state index < -0.39 is 24.0 Å². The Morgan fingerprint density at radius 3 is 1.88 bits per heavy atom. The summed E-state index contributed by atoms with van der Waals surface area (Å²) in [6.45, 7) is 4.33. The summed E-state index contributed by atoms with van der Waals surface area (Å²) in [6.07, 6.45) is 18.6. The van der Waals surface area contributed by atoms with E-state index in [0.29, 0.717) is 37.3 Å². The molecule has 0 unspecified atom stereocenters. The molecule has 4 N–H and O–H groups in total. The molecule has 0 bridgehead atoms. The smallest absolute Gasteiger partial charge is 0.328 e. The predicted octanol–water partition coefficient (Wildman–Crippen LogP) is 5.04. The number of nitrogens with two attached hydrogens (primary N) is 1. The Labute approximate surface area is 247 Å². The van der Waals surface area contributed by atoms with Gasteiger partial charge in [-0.15, -0.1) is 0 Å². The van der Waals surface area contributed by atoms with Crippen LogP contribution in [0.15, 0.2) is 0 Å². The molecule has 0 heterocycles. The Balaban J connectivity index is 4.02.